The second kappa shape index (κ2) is 6.91. The van der Waals surface area contributed by atoms with Crippen LogP contribution in [0.3, 0.4) is 0 Å². The molecular formula is C13H19NO3. The van der Waals surface area contributed by atoms with E-state index in [0.29, 0.717) is 19.4 Å². The molecule has 2 N–H and O–H groups in total. The van der Waals surface area contributed by atoms with Crippen molar-refractivity contribution in [1.82, 2.24) is 0 Å². The maximum atomic E-state index is 11.0. The van der Waals surface area contributed by atoms with Gasteiger partial charge in [-0.15, -0.1) is 0 Å². The normalized spacial score (nSPS) is 11.9. The molecule has 0 radical (unpaired) electrons. The van der Waals surface area contributed by atoms with Crippen LogP contribution in [0.4, 0.5) is 5.69 Å². The van der Waals surface area contributed by atoms with Crippen LogP contribution in [0.1, 0.15) is 18.9 Å². The number of aliphatic hydroxyl groups is 1. The lowest BCUT2D eigenvalue weighted by Crippen LogP contribution is -2.15. The topological polar surface area (TPSA) is 58.6 Å². The van der Waals surface area contributed by atoms with Crippen molar-refractivity contribution in [3.8, 4) is 0 Å². The van der Waals surface area contributed by atoms with Gasteiger partial charge >= 0.3 is 5.97 Å². The number of aliphatic hydroxyl groups excluding tert-OH is 1. The Labute approximate surface area is 102 Å². The molecule has 0 aliphatic heterocycles. The Morgan fingerprint density at radius 2 is 2.06 bits per heavy atom. The molecule has 0 spiro atoms. The zero-order valence-corrected chi connectivity index (χ0v) is 10.3. The Morgan fingerprint density at radius 3 is 2.59 bits per heavy atom. The Bertz CT molecular complexity index is 346. The van der Waals surface area contributed by atoms with Crippen molar-refractivity contribution in [1.29, 1.82) is 0 Å². The highest BCUT2D eigenvalue weighted by Crippen LogP contribution is 2.11. The van der Waals surface area contributed by atoms with Crippen molar-refractivity contribution in [2.24, 2.45) is 0 Å². The van der Waals surface area contributed by atoms with Crippen molar-refractivity contribution in [3.63, 3.8) is 0 Å². The molecule has 0 saturated heterocycles. The van der Waals surface area contributed by atoms with E-state index in [-0.39, 0.29) is 12.1 Å². The molecule has 4 nitrogen and oxygen atoms in total. The predicted molar refractivity (Wildman–Crippen MR) is 66.9 cm³/mol. The van der Waals surface area contributed by atoms with Gasteiger partial charge in [-0.3, -0.25) is 4.79 Å². The van der Waals surface area contributed by atoms with Crippen molar-refractivity contribution in [3.05, 3.63) is 29.8 Å². The van der Waals surface area contributed by atoms with E-state index in [1.54, 1.807) is 6.92 Å². The molecule has 94 valence electrons. The molecule has 0 bridgehead atoms. The van der Waals surface area contributed by atoms with Crippen LogP contribution in [0, 0.1) is 0 Å². The Hall–Kier alpha value is -1.55. The van der Waals surface area contributed by atoms with Crippen LogP contribution >= 0.6 is 0 Å². The van der Waals surface area contributed by atoms with Crippen LogP contribution in [0.15, 0.2) is 24.3 Å². The fraction of sp³-hybridized carbons (Fsp3) is 0.462. The molecule has 0 fully saturated rings. The molecule has 0 saturated carbocycles. The summed E-state index contributed by atoms with van der Waals surface area (Å²) in [7, 11) is 1.39. The number of nitrogens with one attached hydrogen (secondary N) is 1. The number of carbonyl (C=O) groups excluding carboxylic acids is 1. The van der Waals surface area contributed by atoms with Gasteiger partial charge in [0.05, 0.1) is 13.2 Å². The summed E-state index contributed by atoms with van der Waals surface area (Å²) < 4.78 is 4.58. The van der Waals surface area contributed by atoms with Crippen molar-refractivity contribution in [2.45, 2.75) is 25.9 Å². The molecule has 1 aromatic rings. The zero-order valence-electron chi connectivity index (χ0n) is 10.3. The lowest BCUT2D eigenvalue weighted by molar-refractivity contribution is -0.140. The molecule has 0 aromatic heterocycles. The number of rotatable bonds is 6. The molecule has 0 amide bonds. The highest BCUT2D eigenvalue weighted by Gasteiger charge is 2.01. The van der Waals surface area contributed by atoms with Crippen LogP contribution in [-0.4, -0.2) is 30.8 Å². The summed E-state index contributed by atoms with van der Waals surface area (Å²) in [5.74, 6) is -0.193. The Morgan fingerprint density at radius 1 is 1.41 bits per heavy atom. The first-order chi connectivity index (χ1) is 8.11. The molecule has 17 heavy (non-hydrogen) atoms. The number of anilines is 1. The summed E-state index contributed by atoms with van der Waals surface area (Å²) >= 11 is 0. The van der Waals surface area contributed by atoms with E-state index in [9.17, 15) is 4.79 Å². The molecule has 0 aliphatic rings. The highest BCUT2D eigenvalue weighted by atomic mass is 16.5. The van der Waals surface area contributed by atoms with Gasteiger partial charge in [0.15, 0.2) is 0 Å². The first kappa shape index (κ1) is 13.5. The van der Waals surface area contributed by atoms with Crippen molar-refractivity contribution in [2.75, 3.05) is 19.0 Å². The fourth-order valence-electron chi connectivity index (χ4n) is 1.40. The SMILES string of the molecule is COC(=O)CCc1ccc(NCC(C)O)cc1. The maximum absolute atomic E-state index is 11.0. The van der Waals surface area contributed by atoms with Gasteiger partial charge in [0.2, 0.25) is 0 Å². The third-order valence-electron chi connectivity index (χ3n) is 2.40. The minimum absolute atomic E-state index is 0.193. The number of hydrogen-bond donors (Lipinski definition) is 2. The largest absolute Gasteiger partial charge is 0.469 e. The van der Waals surface area contributed by atoms with Gasteiger partial charge in [-0.05, 0) is 31.0 Å². The highest BCUT2D eigenvalue weighted by molar-refractivity contribution is 5.69. The van der Waals surface area contributed by atoms with Gasteiger partial charge in [-0.1, -0.05) is 12.1 Å². The van der Waals surface area contributed by atoms with Gasteiger partial charge in [-0.25, -0.2) is 0 Å². The number of ether oxygens (including phenoxy) is 1. The van der Waals surface area contributed by atoms with Gasteiger partial charge in [-0.2, -0.15) is 0 Å². The number of esters is 1. The third-order valence-corrected chi connectivity index (χ3v) is 2.40. The van der Waals surface area contributed by atoms with Crippen LogP contribution in [0.25, 0.3) is 0 Å². The number of hydrogen-bond acceptors (Lipinski definition) is 4. The first-order valence-electron chi connectivity index (χ1n) is 5.69. The van der Waals surface area contributed by atoms with E-state index in [0.717, 1.165) is 11.3 Å². The standard InChI is InChI=1S/C13H19NO3/c1-10(15)9-14-12-6-3-11(4-7-12)5-8-13(16)17-2/h3-4,6-7,10,14-15H,5,8-9H2,1-2H3. The smallest absolute Gasteiger partial charge is 0.305 e. The van der Waals surface area contributed by atoms with E-state index < -0.39 is 0 Å². The molecular weight excluding hydrogens is 218 g/mol. The molecule has 1 aromatic carbocycles. The second-order valence-electron chi connectivity index (χ2n) is 4.00. The number of carbonyl (C=O) groups is 1. The van der Waals surface area contributed by atoms with Crippen LogP contribution in [0.2, 0.25) is 0 Å². The molecule has 1 atom stereocenters. The van der Waals surface area contributed by atoms with Crippen molar-refractivity contribution >= 4 is 11.7 Å². The second-order valence-corrected chi connectivity index (χ2v) is 4.00. The first-order valence-corrected chi connectivity index (χ1v) is 5.69. The van der Waals surface area contributed by atoms with E-state index >= 15 is 0 Å². The van der Waals surface area contributed by atoms with E-state index in [1.165, 1.54) is 7.11 Å². The summed E-state index contributed by atoms with van der Waals surface area (Å²) in [5.41, 5.74) is 2.06. The van der Waals surface area contributed by atoms with Crippen LogP contribution < -0.4 is 5.32 Å². The summed E-state index contributed by atoms with van der Waals surface area (Å²) in [5, 5.41) is 12.2. The summed E-state index contributed by atoms with van der Waals surface area (Å²) in [6.45, 7) is 2.26. The number of methoxy groups -OCH3 is 1. The fourth-order valence-corrected chi connectivity index (χ4v) is 1.40. The third kappa shape index (κ3) is 5.36. The van der Waals surface area contributed by atoms with Gasteiger partial charge in [0, 0.05) is 18.7 Å². The lowest BCUT2D eigenvalue weighted by Gasteiger charge is -2.09. The van der Waals surface area contributed by atoms with Crippen LogP contribution in [-0.2, 0) is 16.0 Å². The minimum Gasteiger partial charge on any atom is -0.469 e. The molecule has 1 rings (SSSR count). The molecule has 0 heterocycles. The molecule has 1 unspecified atom stereocenters. The predicted octanol–water partition coefficient (Wildman–Crippen LogP) is 1.58. The van der Waals surface area contributed by atoms with Gasteiger partial charge in [0.1, 0.15) is 0 Å². The van der Waals surface area contributed by atoms with Crippen LogP contribution in [0.5, 0.6) is 0 Å². The lowest BCUT2D eigenvalue weighted by atomic mass is 10.1. The summed E-state index contributed by atoms with van der Waals surface area (Å²) in [4.78, 5) is 11.0. The average Bonchev–Trinajstić information content (AvgIpc) is 2.34. The average molecular weight is 237 g/mol. The summed E-state index contributed by atoms with van der Waals surface area (Å²) in [6, 6.07) is 7.81. The Kier molecular flexibility index (Phi) is 5.49. The van der Waals surface area contributed by atoms with Crippen molar-refractivity contribution < 1.29 is 14.6 Å². The molecule has 0 aliphatic carbocycles. The van der Waals surface area contributed by atoms with E-state index in [1.807, 2.05) is 24.3 Å². The van der Waals surface area contributed by atoms with E-state index in [4.69, 9.17) is 5.11 Å². The minimum atomic E-state index is -0.367. The Balaban J connectivity index is 2.42. The maximum Gasteiger partial charge on any atom is 0.305 e. The van der Waals surface area contributed by atoms with Gasteiger partial charge in [0.25, 0.3) is 0 Å². The molecule has 4 heteroatoms. The summed E-state index contributed by atoms with van der Waals surface area (Å²) in [6.07, 6.45) is 0.717. The monoisotopic (exact) mass is 237 g/mol. The van der Waals surface area contributed by atoms with Gasteiger partial charge < -0.3 is 15.2 Å². The number of benzene rings is 1. The number of aryl methyl sites for hydroxylation is 1. The van der Waals surface area contributed by atoms with E-state index in [2.05, 4.69) is 10.1 Å². The zero-order chi connectivity index (χ0) is 12.7. The quantitative estimate of drug-likeness (QED) is 0.738.